The SMILES string of the molecule is COc1ccc2c(n1)[C@H](NC(=O)OCc1ccccc1)[C@@H](C)C(C1CC1)N2C(C)=O. The Bertz CT molecular complexity index is 929. The normalized spacial score (nSPS) is 22.8. The smallest absolute Gasteiger partial charge is 0.408 e. The van der Waals surface area contributed by atoms with Crippen LogP contribution in [-0.2, 0) is 16.1 Å². The first-order valence-electron chi connectivity index (χ1n) is 10.3. The molecular weight excluding hydrogens is 382 g/mol. The molecule has 7 heteroatoms. The third kappa shape index (κ3) is 3.97. The van der Waals surface area contributed by atoms with Gasteiger partial charge in [0.15, 0.2) is 0 Å². The lowest BCUT2D eigenvalue weighted by molar-refractivity contribution is -0.117. The zero-order chi connectivity index (χ0) is 21.3. The Morgan fingerprint density at radius 1 is 1.17 bits per heavy atom. The highest BCUT2D eigenvalue weighted by Crippen LogP contribution is 2.48. The van der Waals surface area contributed by atoms with Crippen LogP contribution in [0.3, 0.4) is 0 Å². The van der Waals surface area contributed by atoms with E-state index >= 15 is 0 Å². The number of hydrogen-bond acceptors (Lipinski definition) is 5. The van der Waals surface area contributed by atoms with Gasteiger partial charge in [0.05, 0.1) is 24.5 Å². The first-order chi connectivity index (χ1) is 14.5. The van der Waals surface area contributed by atoms with E-state index < -0.39 is 6.09 Å². The molecule has 1 unspecified atom stereocenters. The minimum atomic E-state index is -0.503. The molecule has 0 bridgehead atoms. The lowest BCUT2D eigenvalue weighted by atomic mass is 9.82. The highest BCUT2D eigenvalue weighted by molar-refractivity contribution is 5.94. The van der Waals surface area contributed by atoms with Gasteiger partial charge in [-0.2, -0.15) is 0 Å². The van der Waals surface area contributed by atoms with Crippen LogP contribution in [-0.4, -0.2) is 30.1 Å². The van der Waals surface area contributed by atoms with Crippen LogP contribution in [0.5, 0.6) is 5.88 Å². The van der Waals surface area contributed by atoms with Gasteiger partial charge in [-0.15, -0.1) is 0 Å². The summed E-state index contributed by atoms with van der Waals surface area (Å²) >= 11 is 0. The van der Waals surface area contributed by atoms with Crippen LogP contribution in [0.25, 0.3) is 0 Å². The number of carbonyl (C=O) groups excluding carboxylic acids is 2. The fraction of sp³-hybridized carbons (Fsp3) is 0.435. The van der Waals surface area contributed by atoms with Crippen molar-refractivity contribution < 1.29 is 19.1 Å². The summed E-state index contributed by atoms with van der Waals surface area (Å²) in [6.45, 7) is 3.83. The number of methoxy groups -OCH3 is 1. The van der Waals surface area contributed by atoms with Gasteiger partial charge in [0, 0.05) is 24.9 Å². The zero-order valence-electron chi connectivity index (χ0n) is 17.5. The van der Waals surface area contributed by atoms with Gasteiger partial charge < -0.3 is 19.7 Å². The first-order valence-corrected chi connectivity index (χ1v) is 10.3. The predicted octanol–water partition coefficient (Wildman–Crippen LogP) is 3.84. The molecule has 30 heavy (non-hydrogen) atoms. The molecule has 0 spiro atoms. The van der Waals surface area contributed by atoms with Crippen molar-refractivity contribution in [2.45, 2.75) is 45.4 Å². The molecular formula is C23H27N3O4. The van der Waals surface area contributed by atoms with Crippen molar-refractivity contribution in [3.63, 3.8) is 0 Å². The van der Waals surface area contributed by atoms with Crippen LogP contribution in [0.1, 0.15) is 44.0 Å². The Labute approximate surface area is 176 Å². The molecule has 158 valence electrons. The monoisotopic (exact) mass is 409 g/mol. The number of rotatable bonds is 5. The van der Waals surface area contributed by atoms with E-state index in [0.29, 0.717) is 17.5 Å². The maximum Gasteiger partial charge on any atom is 0.408 e. The molecule has 1 aliphatic heterocycles. The number of hydrogen-bond donors (Lipinski definition) is 1. The Balaban J connectivity index is 1.61. The van der Waals surface area contributed by atoms with E-state index in [0.717, 1.165) is 24.1 Å². The summed E-state index contributed by atoms with van der Waals surface area (Å²) in [4.78, 5) is 31.6. The molecule has 4 rings (SSSR count). The number of alkyl carbamates (subject to hydrolysis) is 1. The molecule has 2 amide bonds. The number of pyridine rings is 1. The molecule has 1 aromatic carbocycles. The van der Waals surface area contributed by atoms with Crippen LogP contribution in [0.2, 0.25) is 0 Å². The largest absolute Gasteiger partial charge is 0.481 e. The van der Waals surface area contributed by atoms with E-state index in [1.165, 1.54) is 0 Å². The van der Waals surface area contributed by atoms with Crippen molar-refractivity contribution >= 4 is 17.7 Å². The van der Waals surface area contributed by atoms with Gasteiger partial charge in [-0.1, -0.05) is 37.3 Å². The van der Waals surface area contributed by atoms with Crippen LogP contribution in [0.4, 0.5) is 10.5 Å². The molecule has 1 aliphatic carbocycles. The number of anilines is 1. The number of aromatic nitrogens is 1. The molecule has 2 aromatic rings. The van der Waals surface area contributed by atoms with Crippen molar-refractivity contribution in [2.24, 2.45) is 11.8 Å². The molecule has 2 heterocycles. The van der Waals surface area contributed by atoms with Gasteiger partial charge in [0.25, 0.3) is 0 Å². The summed E-state index contributed by atoms with van der Waals surface area (Å²) in [5, 5.41) is 3.00. The number of amides is 2. The van der Waals surface area contributed by atoms with E-state index in [9.17, 15) is 9.59 Å². The quantitative estimate of drug-likeness (QED) is 0.812. The van der Waals surface area contributed by atoms with Crippen molar-refractivity contribution in [3.8, 4) is 5.88 Å². The Hall–Kier alpha value is -3.09. The number of nitrogens with zero attached hydrogens (tertiary/aromatic N) is 2. The minimum Gasteiger partial charge on any atom is -0.481 e. The van der Waals surface area contributed by atoms with Crippen LogP contribution in [0.15, 0.2) is 42.5 Å². The van der Waals surface area contributed by atoms with Crippen molar-refractivity contribution in [1.82, 2.24) is 10.3 Å². The van der Waals surface area contributed by atoms with E-state index in [-0.39, 0.29) is 30.5 Å². The summed E-state index contributed by atoms with van der Waals surface area (Å²) in [6.07, 6.45) is 1.67. The number of nitrogens with one attached hydrogen (secondary N) is 1. The highest BCUT2D eigenvalue weighted by Gasteiger charge is 2.48. The fourth-order valence-electron chi connectivity index (χ4n) is 4.39. The summed E-state index contributed by atoms with van der Waals surface area (Å²) in [5.74, 6) is 0.845. The third-order valence-electron chi connectivity index (χ3n) is 5.93. The predicted molar refractivity (Wildman–Crippen MR) is 112 cm³/mol. The topological polar surface area (TPSA) is 80.8 Å². The summed E-state index contributed by atoms with van der Waals surface area (Å²) in [7, 11) is 1.55. The second-order valence-electron chi connectivity index (χ2n) is 8.02. The molecule has 1 N–H and O–H groups in total. The lowest BCUT2D eigenvalue weighted by Gasteiger charge is -2.44. The molecule has 3 atom stereocenters. The number of fused-ring (bicyclic) bond motifs is 1. The number of ether oxygens (including phenoxy) is 2. The van der Waals surface area contributed by atoms with Crippen molar-refractivity contribution in [3.05, 3.63) is 53.7 Å². The molecule has 1 fully saturated rings. The molecule has 0 saturated heterocycles. The molecule has 7 nitrogen and oxygen atoms in total. The fourth-order valence-corrected chi connectivity index (χ4v) is 4.39. The second-order valence-corrected chi connectivity index (χ2v) is 8.02. The van der Waals surface area contributed by atoms with E-state index in [4.69, 9.17) is 9.47 Å². The molecule has 1 aromatic heterocycles. The van der Waals surface area contributed by atoms with Crippen LogP contribution in [0, 0.1) is 11.8 Å². The average Bonchev–Trinajstić information content (AvgIpc) is 3.59. The standard InChI is InChI=1S/C23H27N3O4/c1-14-20(25-23(28)30-13-16-7-5-4-6-8-16)21-18(11-12-19(24-21)29-3)26(15(2)27)22(14)17-9-10-17/h4-8,11-12,14,17,20,22H,9-10,13H2,1-3H3,(H,25,28)/t14-,20-,22?/m1/s1. The Kier molecular flexibility index (Phi) is 5.61. The molecule has 2 aliphatic rings. The van der Waals surface area contributed by atoms with Gasteiger partial charge in [0.1, 0.15) is 6.61 Å². The first kappa shape index (κ1) is 20.2. The van der Waals surface area contributed by atoms with Crippen molar-refractivity contribution in [2.75, 3.05) is 12.0 Å². The minimum absolute atomic E-state index is 0.0159. The molecule has 1 saturated carbocycles. The summed E-state index contributed by atoms with van der Waals surface area (Å²) in [5.41, 5.74) is 2.28. The van der Waals surface area contributed by atoms with E-state index in [2.05, 4.69) is 17.2 Å². The summed E-state index contributed by atoms with van der Waals surface area (Å²) < 4.78 is 10.7. The Morgan fingerprint density at radius 3 is 2.53 bits per heavy atom. The van der Waals surface area contributed by atoms with Crippen LogP contribution >= 0.6 is 0 Å². The number of benzene rings is 1. The zero-order valence-corrected chi connectivity index (χ0v) is 17.5. The van der Waals surface area contributed by atoms with E-state index in [1.54, 1.807) is 20.1 Å². The third-order valence-corrected chi connectivity index (χ3v) is 5.93. The Morgan fingerprint density at radius 2 is 1.90 bits per heavy atom. The van der Waals surface area contributed by atoms with Crippen LogP contribution < -0.4 is 15.0 Å². The van der Waals surface area contributed by atoms with Gasteiger partial charge in [-0.3, -0.25) is 4.79 Å². The van der Waals surface area contributed by atoms with E-state index in [1.807, 2.05) is 41.3 Å². The molecule has 0 radical (unpaired) electrons. The number of carbonyl (C=O) groups is 2. The van der Waals surface area contributed by atoms with Gasteiger partial charge in [-0.05, 0) is 30.4 Å². The second kappa shape index (κ2) is 8.34. The maximum absolute atomic E-state index is 12.6. The summed E-state index contributed by atoms with van der Waals surface area (Å²) in [6, 6.07) is 12.8. The maximum atomic E-state index is 12.6. The van der Waals surface area contributed by atoms with Gasteiger partial charge >= 0.3 is 6.09 Å². The van der Waals surface area contributed by atoms with Crippen molar-refractivity contribution in [1.29, 1.82) is 0 Å². The van der Waals surface area contributed by atoms with Gasteiger partial charge in [-0.25, -0.2) is 9.78 Å². The highest BCUT2D eigenvalue weighted by atomic mass is 16.5. The lowest BCUT2D eigenvalue weighted by Crippen LogP contribution is -2.53. The van der Waals surface area contributed by atoms with Gasteiger partial charge in [0.2, 0.25) is 11.8 Å². The average molecular weight is 409 g/mol.